The van der Waals surface area contributed by atoms with E-state index in [0.717, 1.165) is 41.8 Å². The van der Waals surface area contributed by atoms with Crippen LogP contribution in [0.1, 0.15) is 66.2 Å². The van der Waals surface area contributed by atoms with Crippen molar-refractivity contribution in [1.29, 1.82) is 0 Å². The molecule has 10 rings (SSSR count). The molecule has 1 unspecified atom stereocenters. The molecular formula is C58H48F2N10O4S4. The summed E-state index contributed by atoms with van der Waals surface area (Å²) in [5.41, 5.74) is 4.70. The minimum atomic E-state index is -0.695. The number of hydrogen-bond acceptors (Lipinski definition) is 16. The fourth-order valence-corrected chi connectivity index (χ4v) is 11.9. The lowest BCUT2D eigenvalue weighted by atomic mass is 9.88. The summed E-state index contributed by atoms with van der Waals surface area (Å²) in [5.74, 6) is -1.76. The summed E-state index contributed by atoms with van der Waals surface area (Å²) in [6.07, 6.45) is 9.48. The van der Waals surface area contributed by atoms with Gasteiger partial charge in [0.1, 0.15) is 11.6 Å². The summed E-state index contributed by atoms with van der Waals surface area (Å²) in [6.45, 7) is 0.157. The molecule has 392 valence electrons. The minimum Gasteiger partial charge on any atom is -0.392 e. The van der Waals surface area contributed by atoms with E-state index in [1.807, 2.05) is 146 Å². The average Bonchev–Trinajstić information content (AvgIpc) is 4.13. The fraction of sp³-hybridized carbons (Fsp3) is 0.103. The molecule has 0 saturated carbocycles. The lowest BCUT2D eigenvalue weighted by Gasteiger charge is -2.21. The number of carbonyl (C=O) groups is 2. The van der Waals surface area contributed by atoms with Gasteiger partial charge in [0.25, 0.3) is 11.8 Å². The number of nitrogens with zero attached hydrogens (tertiary/aromatic N) is 6. The quantitative estimate of drug-likeness (QED) is 0.0421. The van der Waals surface area contributed by atoms with Crippen LogP contribution in [0.2, 0.25) is 0 Å². The monoisotopic (exact) mass is 1110 g/mol. The first-order valence-electron chi connectivity index (χ1n) is 24.2. The van der Waals surface area contributed by atoms with E-state index >= 15 is 8.78 Å². The second kappa shape index (κ2) is 27.2. The summed E-state index contributed by atoms with van der Waals surface area (Å²) in [6, 6.07) is 48.5. The average molecular weight is 1120 g/mol. The van der Waals surface area contributed by atoms with E-state index < -0.39 is 23.4 Å². The van der Waals surface area contributed by atoms with E-state index in [-0.39, 0.29) is 59.3 Å². The van der Waals surface area contributed by atoms with Gasteiger partial charge in [-0.2, -0.15) is 0 Å². The third-order valence-corrected chi connectivity index (χ3v) is 16.0. The lowest BCUT2D eigenvalue weighted by Crippen LogP contribution is -2.30. The maximum absolute atomic E-state index is 15.4. The van der Waals surface area contributed by atoms with Crippen LogP contribution in [0.5, 0.6) is 0 Å². The highest BCUT2D eigenvalue weighted by Crippen LogP contribution is 2.38. The lowest BCUT2D eigenvalue weighted by molar-refractivity contribution is 0.0934. The van der Waals surface area contributed by atoms with Gasteiger partial charge < -0.3 is 31.5 Å². The van der Waals surface area contributed by atoms with Gasteiger partial charge in [0.15, 0.2) is 33.3 Å². The van der Waals surface area contributed by atoms with E-state index in [9.17, 15) is 19.8 Å². The zero-order valence-electron chi connectivity index (χ0n) is 41.2. The number of halogens is 2. The van der Waals surface area contributed by atoms with Crippen molar-refractivity contribution in [2.24, 2.45) is 0 Å². The first kappa shape index (κ1) is 54.5. The smallest absolute Gasteiger partial charge is 0.273 e. The number of aliphatic hydroxyl groups is 2. The summed E-state index contributed by atoms with van der Waals surface area (Å²) >= 11 is 5.05. The number of nitrogens with one attached hydrogen (secondary N) is 4. The standard InChI is InChI=1S/2C29H24FN5O2S2/c2*30-26-23(38-25-17-34-29(39-25)35-24-12-6-7-14-31-24)13-15-32-27(26)28(37)33-16-22(19-8-2-1-3-9-19)21-11-5-4-10-20(21)18-36/h2*1-15,17,22,36H,16,18H2,(H,33,37)(H,31,34,35)/t22-;/m0./s1. The molecule has 0 radical (unpaired) electrons. The number of rotatable bonds is 20. The molecule has 0 fully saturated rings. The zero-order chi connectivity index (χ0) is 54.1. The van der Waals surface area contributed by atoms with Crippen molar-refractivity contribution in [3.8, 4) is 0 Å². The molecule has 0 spiro atoms. The zero-order valence-corrected chi connectivity index (χ0v) is 44.5. The molecule has 0 aliphatic heterocycles. The topological polar surface area (TPSA) is 200 Å². The second-order valence-corrected chi connectivity index (χ2v) is 21.6. The Morgan fingerprint density at radius 3 is 1.27 bits per heavy atom. The highest BCUT2D eigenvalue weighted by molar-refractivity contribution is 8.01. The maximum atomic E-state index is 15.4. The Kier molecular flexibility index (Phi) is 19.0. The number of amides is 2. The summed E-state index contributed by atoms with van der Waals surface area (Å²) in [7, 11) is 0. The fourth-order valence-electron chi connectivity index (χ4n) is 8.14. The number of thiazole rings is 2. The molecule has 10 aromatic rings. The molecule has 6 N–H and O–H groups in total. The predicted molar refractivity (Wildman–Crippen MR) is 302 cm³/mol. The molecule has 6 aromatic heterocycles. The van der Waals surface area contributed by atoms with Crippen molar-refractivity contribution in [2.75, 3.05) is 23.7 Å². The predicted octanol–water partition coefficient (Wildman–Crippen LogP) is 12.0. The van der Waals surface area contributed by atoms with Crippen LogP contribution in [-0.4, -0.2) is 65.0 Å². The number of benzene rings is 4. The number of anilines is 4. The van der Waals surface area contributed by atoms with Crippen LogP contribution in [0.25, 0.3) is 0 Å². The number of carbonyl (C=O) groups excluding carboxylic acids is 2. The normalized spacial score (nSPS) is 11.6. The highest BCUT2D eigenvalue weighted by atomic mass is 32.2. The van der Waals surface area contributed by atoms with Crippen molar-refractivity contribution >= 4 is 79.9 Å². The van der Waals surface area contributed by atoms with E-state index in [0.29, 0.717) is 21.9 Å². The summed E-state index contributed by atoms with van der Waals surface area (Å²) in [5, 5.41) is 32.9. The third kappa shape index (κ3) is 14.2. The molecular weight excluding hydrogens is 1070 g/mol. The van der Waals surface area contributed by atoms with E-state index in [1.54, 1.807) is 24.8 Å². The van der Waals surface area contributed by atoms with Gasteiger partial charge in [-0.05, 0) is 69.8 Å². The van der Waals surface area contributed by atoms with Crippen molar-refractivity contribution in [3.63, 3.8) is 0 Å². The SMILES string of the molecule is O=C(NCC(c1ccccc1)c1ccccc1CO)c1nccc(Sc2cnc(Nc3ccccn3)s2)c1F.O=C(NC[C@@H](c1ccccc1)c1ccccc1CO)c1nccc(Sc2cnc(Nc3ccccn3)s2)c1F. The summed E-state index contributed by atoms with van der Waals surface area (Å²) < 4.78 is 32.4. The Hall–Kier alpha value is -8.24. The minimum absolute atomic E-state index is 0.125. The van der Waals surface area contributed by atoms with Gasteiger partial charge >= 0.3 is 0 Å². The van der Waals surface area contributed by atoms with Gasteiger partial charge in [-0.3, -0.25) is 9.59 Å². The van der Waals surface area contributed by atoms with Crippen molar-refractivity contribution in [3.05, 3.63) is 251 Å². The Morgan fingerprint density at radius 2 is 0.872 bits per heavy atom. The van der Waals surface area contributed by atoms with Crippen LogP contribution in [-0.2, 0) is 13.2 Å². The molecule has 0 saturated heterocycles. The Labute approximate surface area is 464 Å². The van der Waals surface area contributed by atoms with Crippen LogP contribution >= 0.6 is 46.2 Å². The second-order valence-electron chi connectivity index (χ2n) is 16.9. The number of aromatic nitrogens is 6. The van der Waals surface area contributed by atoms with Gasteiger partial charge in [-0.15, -0.1) is 0 Å². The van der Waals surface area contributed by atoms with Gasteiger partial charge in [0.05, 0.1) is 43.8 Å². The first-order valence-corrected chi connectivity index (χ1v) is 27.5. The van der Waals surface area contributed by atoms with E-state index in [2.05, 4.69) is 51.2 Å². The van der Waals surface area contributed by atoms with Crippen LogP contribution < -0.4 is 21.3 Å². The number of aliphatic hydroxyl groups excluding tert-OH is 2. The highest BCUT2D eigenvalue weighted by Gasteiger charge is 2.24. The molecule has 2 amide bonds. The Bertz CT molecular complexity index is 3330. The molecule has 14 nitrogen and oxygen atoms in total. The molecule has 2 atom stereocenters. The van der Waals surface area contributed by atoms with Crippen molar-refractivity contribution in [1.82, 2.24) is 40.5 Å². The molecule has 0 aliphatic rings. The van der Waals surface area contributed by atoms with Crippen LogP contribution in [0.4, 0.5) is 30.7 Å². The maximum Gasteiger partial charge on any atom is 0.273 e. The van der Waals surface area contributed by atoms with Gasteiger partial charge in [0, 0.05) is 49.7 Å². The van der Waals surface area contributed by atoms with E-state index in [1.165, 1.54) is 70.7 Å². The van der Waals surface area contributed by atoms with E-state index in [4.69, 9.17) is 0 Å². The van der Waals surface area contributed by atoms with Gasteiger partial charge in [-0.25, -0.2) is 38.7 Å². The molecule has 0 aliphatic carbocycles. The molecule has 6 heterocycles. The Morgan fingerprint density at radius 1 is 0.474 bits per heavy atom. The van der Waals surface area contributed by atoms with Crippen molar-refractivity contribution in [2.45, 2.75) is 43.3 Å². The van der Waals surface area contributed by atoms with Crippen molar-refractivity contribution < 1.29 is 28.6 Å². The van der Waals surface area contributed by atoms with Crippen LogP contribution in [0, 0.1) is 11.6 Å². The van der Waals surface area contributed by atoms with Crippen LogP contribution in [0.15, 0.2) is 213 Å². The van der Waals surface area contributed by atoms with Crippen LogP contribution in [0.3, 0.4) is 0 Å². The summed E-state index contributed by atoms with van der Waals surface area (Å²) in [4.78, 5) is 51.9. The largest absolute Gasteiger partial charge is 0.392 e. The number of pyridine rings is 4. The van der Waals surface area contributed by atoms with Gasteiger partial charge in [-0.1, -0.05) is 168 Å². The molecule has 20 heteroatoms. The molecule has 0 bridgehead atoms. The molecule has 78 heavy (non-hydrogen) atoms. The number of hydrogen-bond donors (Lipinski definition) is 6. The van der Waals surface area contributed by atoms with Gasteiger partial charge in [0.2, 0.25) is 0 Å². The Balaban J connectivity index is 0.000000190. The first-order chi connectivity index (χ1) is 38.2. The molecule has 4 aromatic carbocycles. The third-order valence-electron chi connectivity index (χ3n) is 11.9.